The lowest BCUT2D eigenvalue weighted by Gasteiger charge is -2.05. The summed E-state index contributed by atoms with van der Waals surface area (Å²) in [5, 5.41) is 0. The van der Waals surface area contributed by atoms with Gasteiger partial charge in [-0.25, -0.2) is 15.0 Å². The molecule has 0 saturated heterocycles. The second-order valence-electron chi connectivity index (χ2n) is 4.29. The Labute approximate surface area is 109 Å². The van der Waals surface area contributed by atoms with E-state index in [9.17, 15) is 0 Å². The minimum Gasteiger partial charge on any atom is -0.382 e. The van der Waals surface area contributed by atoms with Crippen molar-refractivity contribution >= 4 is 17.0 Å². The van der Waals surface area contributed by atoms with Gasteiger partial charge in [-0.3, -0.25) is 9.97 Å². The lowest BCUT2D eigenvalue weighted by Crippen LogP contribution is -2.06. The molecule has 7 heteroatoms. The Bertz CT molecular complexity index is 747. The Morgan fingerprint density at radius 1 is 1.11 bits per heavy atom. The van der Waals surface area contributed by atoms with E-state index in [1.165, 1.54) is 0 Å². The van der Waals surface area contributed by atoms with Crippen LogP contribution in [0.25, 0.3) is 11.2 Å². The fourth-order valence-corrected chi connectivity index (χ4v) is 1.95. The molecule has 0 bridgehead atoms. The Hall–Kier alpha value is -2.57. The Morgan fingerprint density at radius 3 is 2.68 bits per heavy atom. The van der Waals surface area contributed by atoms with Gasteiger partial charge in [0, 0.05) is 12.4 Å². The van der Waals surface area contributed by atoms with Crippen LogP contribution in [0.2, 0.25) is 0 Å². The molecule has 0 fully saturated rings. The molecule has 0 radical (unpaired) electrons. The van der Waals surface area contributed by atoms with Crippen molar-refractivity contribution in [2.75, 3.05) is 5.73 Å². The van der Waals surface area contributed by atoms with E-state index in [0.717, 1.165) is 17.0 Å². The molecule has 0 saturated carbocycles. The van der Waals surface area contributed by atoms with Crippen LogP contribution in [0.15, 0.2) is 18.7 Å². The highest BCUT2D eigenvalue weighted by molar-refractivity contribution is 5.81. The Kier molecular flexibility index (Phi) is 2.59. The lowest BCUT2D eigenvalue weighted by atomic mass is 10.3. The largest absolute Gasteiger partial charge is 0.382 e. The maximum Gasteiger partial charge on any atom is 0.166 e. The molecule has 3 aromatic rings. The van der Waals surface area contributed by atoms with Gasteiger partial charge in [-0.2, -0.15) is 0 Å². The van der Waals surface area contributed by atoms with E-state index in [4.69, 9.17) is 5.73 Å². The SMILES string of the molecule is Cc1nc(N)c2ncn(Cc3nccnc3C)c2n1. The number of nitrogens with two attached hydrogens (primary N) is 1. The Balaban J connectivity index is 2.09. The zero-order chi connectivity index (χ0) is 13.4. The highest BCUT2D eigenvalue weighted by Gasteiger charge is 2.11. The fraction of sp³-hybridized carbons (Fsp3) is 0.250. The molecule has 0 aliphatic rings. The molecule has 0 aliphatic heterocycles. The summed E-state index contributed by atoms with van der Waals surface area (Å²) in [7, 11) is 0. The number of hydrogen-bond donors (Lipinski definition) is 1. The molecule has 0 amide bonds. The maximum absolute atomic E-state index is 5.84. The van der Waals surface area contributed by atoms with Crippen molar-refractivity contribution in [1.29, 1.82) is 0 Å². The summed E-state index contributed by atoms with van der Waals surface area (Å²) in [6, 6.07) is 0. The van der Waals surface area contributed by atoms with Crippen molar-refractivity contribution in [2.45, 2.75) is 20.4 Å². The molecule has 0 atom stereocenters. The zero-order valence-corrected chi connectivity index (χ0v) is 10.7. The van der Waals surface area contributed by atoms with Crippen LogP contribution in [0.5, 0.6) is 0 Å². The molecular weight excluding hydrogens is 242 g/mol. The monoisotopic (exact) mass is 255 g/mol. The minimum absolute atomic E-state index is 0.400. The van der Waals surface area contributed by atoms with Crippen LogP contribution in [-0.4, -0.2) is 29.5 Å². The number of nitrogen functional groups attached to an aromatic ring is 1. The Morgan fingerprint density at radius 2 is 1.89 bits per heavy atom. The number of hydrogen-bond acceptors (Lipinski definition) is 6. The van der Waals surface area contributed by atoms with Crippen molar-refractivity contribution < 1.29 is 0 Å². The van der Waals surface area contributed by atoms with Crippen molar-refractivity contribution in [3.05, 3.63) is 35.9 Å². The number of aromatic nitrogens is 6. The van der Waals surface area contributed by atoms with Crippen molar-refractivity contribution in [1.82, 2.24) is 29.5 Å². The minimum atomic E-state index is 0.400. The van der Waals surface area contributed by atoms with Crippen LogP contribution in [0.3, 0.4) is 0 Å². The van der Waals surface area contributed by atoms with Gasteiger partial charge in [0.2, 0.25) is 0 Å². The summed E-state index contributed by atoms with van der Waals surface area (Å²) in [5.41, 5.74) is 8.95. The predicted molar refractivity (Wildman–Crippen MR) is 70.3 cm³/mol. The third-order valence-corrected chi connectivity index (χ3v) is 2.91. The van der Waals surface area contributed by atoms with E-state index in [1.54, 1.807) is 25.6 Å². The highest BCUT2D eigenvalue weighted by atomic mass is 15.1. The highest BCUT2D eigenvalue weighted by Crippen LogP contribution is 2.17. The number of aryl methyl sites for hydroxylation is 2. The molecule has 3 aromatic heterocycles. The first-order valence-corrected chi connectivity index (χ1v) is 5.86. The molecule has 0 aliphatic carbocycles. The smallest absolute Gasteiger partial charge is 0.166 e. The van der Waals surface area contributed by atoms with E-state index >= 15 is 0 Å². The second-order valence-corrected chi connectivity index (χ2v) is 4.29. The van der Waals surface area contributed by atoms with Gasteiger partial charge in [0.1, 0.15) is 11.3 Å². The van der Waals surface area contributed by atoms with Gasteiger partial charge in [0.15, 0.2) is 11.5 Å². The van der Waals surface area contributed by atoms with E-state index in [-0.39, 0.29) is 0 Å². The first-order valence-electron chi connectivity index (χ1n) is 5.86. The number of imidazole rings is 1. The zero-order valence-electron chi connectivity index (χ0n) is 10.7. The first-order chi connectivity index (χ1) is 9.15. The quantitative estimate of drug-likeness (QED) is 0.729. The van der Waals surface area contributed by atoms with E-state index in [1.807, 2.05) is 11.5 Å². The van der Waals surface area contributed by atoms with Crippen molar-refractivity contribution in [3.8, 4) is 0 Å². The van der Waals surface area contributed by atoms with Gasteiger partial charge in [-0.15, -0.1) is 0 Å². The lowest BCUT2D eigenvalue weighted by molar-refractivity contribution is 0.769. The van der Waals surface area contributed by atoms with Crippen LogP contribution in [0.1, 0.15) is 17.2 Å². The molecule has 3 rings (SSSR count). The predicted octanol–water partition coefficient (Wildman–Crippen LogP) is 0.864. The van der Waals surface area contributed by atoms with Gasteiger partial charge in [-0.1, -0.05) is 0 Å². The molecule has 19 heavy (non-hydrogen) atoms. The average molecular weight is 255 g/mol. The van der Waals surface area contributed by atoms with E-state index in [0.29, 0.717) is 23.7 Å². The van der Waals surface area contributed by atoms with Gasteiger partial charge < -0.3 is 10.3 Å². The van der Waals surface area contributed by atoms with Crippen molar-refractivity contribution in [2.24, 2.45) is 0 Å². The normalized spacial score (nSPS) is 11.1. The summed E-state index contributed by atoms with van der Waals surface area (Å²) in [4.78, 5) is 21.3. The molecule has 0 spiro atoms. The topological polar surface area (TPSA) is 95.4 Å². The van der Waals surface area contributed by atoms with E-state index in [2.05, 4.69) is 24.9 Å². The first kappa shape index (κ1) is 11.5. The van der Waals surface area contributed by atoms with Crippen molar-refractivity contribution in [3.63, 3.8) is 0 Å². The molecule has 2 N–H and O–H groups in total. The molecule has 96 valence electrons. The van der Waals surface area contributed by atoms with Gasteiger partial charge in [0.25, 0.3) is 0 Å². The molecule has 0 aromatic carbocycles. The average Bonchev–Trinajstić information content (AvgIpc) is 2.76. The van der Waals surface area contributed by atoms with Crippen LogP contribution in [-0.2, 0) is 6.54 Å². The van der Waals surface area contributed by atoms with Crippen LogP contribution >= 0.6 is 0 Å². The summed E-state index contributed by atoms with van der Waals surface area (Å²) in [6.45, 7) is 4.29. The van der Waals surface area contributed by atoms with Crippen LogP contribution in [0.4, 0.5) is 5.82 Å². The molecule has 7 nitrogen and oxygen atoms in total. The second kappa shape index (κ2) is 4.27. The maximum atomic E-state index is 5.84. The standard InChI is InChI=1S/C12H13N7/c1-7-9(15-4-3-14-7)5-19-6-16-10-11(13)17-8(2)18-12(10)19/h3-4,6H,5H2,1-2H3,(H2,13,17,18). The van der Waals surface area contributed by atoms with Gasteiger partial charge >= 0.3 is 0 Å². The number of anilines is 1. The number of rotatable bonds is 2. The van der Waals surface area contributed by atoms with E-state index < -0.39 is 0 Å². The fourth-order valence-electron chi connectivity index (χ4n) is 1.95. The number of fused-ring (bicyclic) bond motifs is 1. The van der Waals surface area contributed by atoms with Crippen LogP contribution < -0.4 is 5.73 Å². The molecular formula is C12H13N7. The third-order valence-electron chi connectivity index (χ3n) is 2.91. The van der Waals surface area contributed by atoms with Gasteiger partial charge in [0.05, 0.1) is 24.3 Å². The van der Waals surface area contributed by atoms with Crippen LogP contribution in [0, 0.1) is 13.8 Å². The summed E-state index contributed by atoms with van der Waals surface area (Å²) >= 11 is 0. The summed E-state index contributed by atoms with van der Waals surface area (Å²) in [6.07, 6.45) is 5.05. The summed E-state index contributed by atoms with van der Waals surface area (Å²) in [5.74, 6) is 1.03. The number of nitrogens with zero attached hydrogens (tertiary/aromatic N) is 6. The molecule has 0 unspecified atom stereocenters. The summed E-state index contributed by atoms with van der Waals surface area (Å²) < 4.78 is 1.90. The van der Waals surface area contributed by atoms with Gasteiger partial charge in [-0.05, 0) is 13.8 Å². The third kappa shape index (κ3) is 1.99. The molecule has 3 heterocycles.